The molecule has 1 heterocycles. The number of carbonyl (C=O) groups excluding carboxylic acids is 1. The zero-order chi connectivity index (χ0) is 19.6. The van der Waals surface area contributed by atoms with E-state index in [0.29, 0.717) is 31.7 Å². The van der Waals surface area contributed by atoms with E-state index in [1.54, 1.807) is 6.07 Å². The monoisotopic (exact) mass is 387 g/mol. The number of nitrogens with zero attached hydrogens (tertiary/aromatic N) is 1. The molecule has 2 aromatic rings. The molecule has 0 bridgehead atoms. The van der Waals surface area contributed by atoms with Crippen LogP contribution in [0.3, 0.4) is 0 Å². The Hall–Kier alpha value is -2.18. The largest absolute Gasteiger partial charge is 0.377 e. The minimum absolute atomic E-state index is 0.0738. The predicted molar refractivity (Wildman–Crippen MR) is 105 cm³/mol. The molecule has 2 aromatic carbocycles. The Balaban J connectivity index is 1.94. The summed E-state index contributed by atoms with van der Waals surface area (Å²) in [6.07, 6.45) is 1.87. The van der Waals surface area contributed by atoms with Gasteiger partial charge in [0.05, 0.1) is 24.2 Å². The molecule has 0 radical (unpaired) electrons. The molecule has 6 heteroatoms. The van der Waals surface area contributed by atoms with Crippen molar-refractivity contribution in [1.82, 2.24) is 4.90 Å². The van der Waals surface area contributed by atoms with Crippen LogP contribution in [0.2, 0.25) is 0 Å². The number of carbonyl (C=O) groups is 1. The average molecular weight is 388 g/mol. The van der Waals surface area contributed by atoms with Gasteiger partial charge in [-0.25, -0.2) is 8.42 Å². The lowest BCUT2D eigenvalue weighted by Gasteiger charge is -2.36. The van der Waals surface area contributed by atoms with E-state index in [9.17, 15) is 13.2 Å². The number of hydrogen-bond acceptors (Lipinski definition) is 4. The Kier molecular flexibility index (Phi) is 5.67. The van der Waals surface area contributed by atoms with E-state index in [2.05, 4.69) is 0 Å². The van der Waals surface area contributed by atoms with Gasteiger partial charge >= 0.3 is 0 Å². The summed E-state index contributed by atoms with van der Waals surface area (Å²) in [6, 6.07) is 13.1. The van der Waals surface area contributed by atoms with Crippen LogP contribution in [0.4, 0.5) is 0 Å². The lowest BCUT2D eigenvalue weighted by atomic mass is 9.99. The summed E-state index contributed by atoms with van der Waals surface area (Å²) in [5, 5.41) is 0. The van der Waals surface area contributed by atoms with Crippen LogP contribution in [0.5, 0.6) is 0 Å². The van der Waals surface area contributed by atoms with E-state index in [1.165, 1.54) is 6.07 Å². The molecule has 0 N–H and O–H groups in total. The lowest BCUT2D eigenvalue weighted by molar-refractivity contribution is -0.00169. The van der Waals surface area contributed by atoms with E-state index in [4.69, 9.17) is 4.74 Å². The van der Waals surface area contributed by atoms with Crippen LogP contribution in [0.1, 0.15) is 27.0 Å². The highest BCUT2D eigenvalue weighted by atomic mass is 32.2. The van der Waals surface area contributed by atoms with Gasteiger partial charge in [-0.2, -0.15) is 0 Å². The van der Waals surface area contributed by atoms with Gasteiger partial charge in [-0.15, -0.1) is 0 Å². The second kappa shape index (κ2) is 7.82. The molecule has 0 spiro atoms. The second-order valence-electron chi connectivity index (χ2n) is 7.10. The normalized spacial score (nSPS) is 17.7. The number of morpholine rings is 1. The molecular weight excluding hydrogens is 362 g/mol. The van der Waals surface area contributed by atoms with E-state index in [0.717, 1.165) is 22.9 Å². The molecule has 0 unspecified atom stereocenters. The summed E-state index contributed by atoms with van der Waals surface area (Å²) in [5.74, 6) is -0.134. The average Bonchev–Trinajstić information content (AvgIpc) is 2.64. The van der Waals surface area contributed by atoms with Gasteiger partial charge in [-0.1, -0.05) is 30.3 Å². The predicted octanol–water partition coefficient (Wildman–Crippen LogP) is 2.79. The van der Waals surface area contributed by atoms with Crippen LogP contribution in [-0.4, -0.2) is 51.3 Å². The summed E-state index contributed by atoms with van der Waals surface area (Å²) >= 11 is 0. The summed E-state index contributed by atoms with van der Waals surface area (Å²) < 4.78 is 29.6. The van der Waals surface area contributed by atoms with E-state index >= 15 is 0 Å². The van der Waals surface area contributed by atoms with Crippen LogP contribution in [-0.2, 0) is 21.0 Å². The Labute approximate surface area is 160 Å². The Morgan fingerprint density at radius 1 is 1.19 bits per heavy atom. The molecular formula is C21H25NO4S. The first-order valence-electron chi connectivity index (χ1n) is 9.01. The Morgan fingerprint density at radius 2 is 1.89 bits per heavy atom. The highest BCUT2D eigenvalue weighted by Gasteiger charge is 2.30. The molecule has 1 fully saturated rings. The van der Waals surface area contributed by atoms with Gasteiger partial charge in [-0.05, 0) is 49.1 Å². The molecule has 3 rings (SSSR count). The molecule has 27 heavy (non-hydrogen) atoms. The number of benzene rings is 2. The maximum Gasteiger partial charge on any atom is 0.254 e. The van der Waals surface area contributed by atoms with Crippen molar-refractivity contribution >= 4 is 15.7 Å². The fourth-order valence-corrected chi connectivity index (χ4v) is 4.12. The number of sulfone groups is 1. The topological polar surface area (TPSA) is 63.7 Å². The van der Waals surface area contributed by atoms with Crippen LogP contribution in [0.25, 0.3) is 0 Å². The first-order valence-corrected chi connectivity index (χ1v) is 10.9. The third kappa shape index (κ3) is 4.39. The van der Waals surface area contributed by atoms with Gasteiger partial charge in [0.15, 0.2) is 9.84 Å². The summed E-state index contributed by atoms with van der Waals surface area (Å²) in [7, 11) is -3.39. The van der Waals surface area contributed by atoms with Crippen molar-refractivity contribution < 1.29 is 17.9 Å². The maximum atomic E-state index is 13.3. The van der Waals surface area contributed by atoms with Gasteiger partial charge < -0.3 is 9.64 Å². The van der Waals surface area contributed by atoms with Crippen molar-refractivity contribution in [3.8, 4) is 0 Å². The molecule has 0 saturated carbocycles. The van der Waals surface area contributed by atoms with Crippen molar-refractivity contribution in [1.29, 1.82) is 0 Å². The number of hydrogen-bond donors (Lipinski definition) is 0. The molecule has 1 amide bonds. The first-order chi connectivity index (χ1) is 12.8. The molecule has 1 aliphatic heterocycles. The number of aryl methyl sites for hydroxylation is 1. The molecule has 1 aliphatic rings. The second-order valence-corrected chi connectivity index (χ2v) is 9.12. The first kappa shape index (κ1) is 19.6. The smallest absolute Gasteiger partial charge is 0.254 e. The van der Waals surface area contributed by atoms with E-state index < -0.39 is 9.84 Å². The summed E-state index contributed by atoms with van der Waals surface area (Å²) in [6.45, 7) is 5.16. The van der Waals surface area contributed by atoms with Crippen molar-refractivity contribution in [2.75, 3.05) is 26.0 Å². The standard InChI is InChI=1S/C21H25NO4S/c1-15-11-19(27(3,24)25)13-20(16(15)2)21(23)22-9-10-26-14-18(22)12-17-7-5-4-6-8-17/h4-8,11,13,18H,9-10,12,14H2,1-3H3/t18-/m0/s1. The number of rotatable bonds is 4. The van der Waals surface area contributed by atoms with Gasteiger partial charge in [0.2, 0.25) is 0 Å². The van der Waals surface area contributed by atoms with E-state index in [1.807, 2.05) is 49.1 Å². The molecule has 0 aromatic heterocycles. The van der Waals surface area contributed by atoms with Crippen molar-refractivity contribution in [3.63, 3.8) is 0 Å². The van der Waals surface area contributed by atoms with Crippen LogP contribution >= 0.6 is 0 Å². The molecule has 144 valence electrons. The SMILES string of the molecule is Cc1cc(S(C)(=O)=O)cc(C(=O)N2CCOC[C@@H]2Cc2ccccc2)c1C. The maximum absolute atomic E-state index is 13.3. The Morgan fingerprint density at radius 3 is 2.56 bits per heavy atom. The minimum atomic E-state index is -3.39. The Bertz CT molecular complexity index is 938. The van der Waals surface area contributed by atoms with Gasteiger partial charge in [0.25, 0.3) is 5.91 Å². The molecule has 5 nitrogen and oxygen atoms in total. The van der Waals surface area contributed by atoms with Gasteiger partial charge in [0, 0.05) is 18.4 Å². The van der Waals surface area contributed by atoms with Crippen LogP contribution < -0.4 is 0 Å². The zero-order valence-corrected chi connectivity index (χ0v) is 16.8. The minimum Gasteiger partial charge on any atom is -0.377 e. The third-order valence-electron chi connectivity index (χ3n) is 5.10. The van der Waals surface area contributed by atoms with Crippen LogP contribution in [0.15, 0.2) is 47.4 Å². The number of amides is 1. The fourth-order valence-electron chi connectivity index (χ4n) is 3.39. The van der Waals surface area contributed by atoms with Crippen molar-refractivity contribution in [3.05, 3.63) is 64.7 Å². The molecule has 0 aliphatic carbocycles. The number of ether oxygens (including phenoxy) is 1. The quantitative estimate of drug-likeness (QED) is 0.809. The van der Waals surface area contributed by atoms with Crippen LogP contribution in [0, 0.1) is 13.8 Å². The van der Waals surface area contributed by atoms with Crippen molar-refractivity contribution in [2.24, 2.45) is 0 Å². The van der Waals surface area contributed by atoms with Gasteiger partial charge in [-0.3, -0.25) is 4.79 Å². The highest BCUT2D eigenvalue weighted by Crippen LogP contribution is 2.24. The zero-order valence-electron chi connectivity index (χ0n) is 15.9. The fraction of sp³-hybridized carbons (Fsp3) is 0.381. The molecule has 1 atom stereocenters. The summed E-state index contributed by atoms with van der Waals surface area (Å²) in [4.78, 5) is 15.3. The highest BCUT2D eigenvalue weighted by molar-refractivity contribution is 7.90. The van der Waals surface area contributed by atoms with E-state index in [-0.39, 0.29) is 16.8 Å². The van der Waals surface area contributed by atoms with Crippen molar-refractivity contribution in [2.45, 2.75) is 31.2 Å². The lowest BCUT2D eigenvalue weighted by Crippen LogP contribution is -2.50. The van der Waals surface area contributed by atoms with Gasteiger partial charge in [0.1, 0.15) is 0 Å². The summed E-state index contributed by atoms with van der Waals surface area (Å²) in [5.41, 5.74) is 3.21. The third-order valence-corrected chi connectivity index (χ3v) is 6.19. The molecule has 1 saturated heterocycles.